The number of H-pyrrole nitrogens is 14. The first-order valence-electron chi connectivity index (χ1n) is 20.0. The van der Waals surface area contributed by atoms with Crippen LogP contribution in [0.5, 0.6) is 0 Å². The van der Waals surface area contributed by atoms with Gasteiger partial charge in [0.15, 0.2) is 47.2 Å². The fourth-order valence-corrected chi connectivity index (χ4v) is 8.08. The van der Waals surface area contributed by atoms with Crippen molar-refractivity contribution >= 4 is 218 Å². The monoisotopic (exact) mass is 1310 g/mol. The molecule has 9 heterocycles. The number of nitrogens with zero attached hydrogens (tertiary/aromatic N) is 2. The number of carbonyl (C=O) groups is 2. The largest absolute Gasteiger partial charge is 0.337 e. The molecule has 2 amide bonds. The molecule has 6 aromatic heterocycles. The Morgan fingerprint density at radius 2 is 0.961 bits per heavy atom. The molecule has 2 saturated heterocycles. The lowest BCUT2D eigenvalue weighted by molar-refractivity contribution is -0.129. The molecule has 408 valence electrons. The molecule has 3 aliphatic rings. The van der Waals surface area contributed by atoms with E-state index in [-0.39, 0.29) is 59.2 Å². The fraction of sp³-hybridized carbons (Fsp3) is 0.143. The van der Waals surface area contributed by atoms with Crippen molar-refractivity contribution in [3.05, 3.63) is 136 Å². The maximum absolute atomic E-state index is 10.6. The lowest BCUT2D eigenvalue weighted by Crippen LogP contribution is -2.49. The first-order valence-corrected chi connectivity index (χ1v) is 26.1. The summed E-state index contributed by atoms with van der Waals surface area (Å²) in [5, 5.41) is 14.3. The van der Waals surface area contributed by atoms with Crippen molar-refractivity contribution in [2.45, 2.75) is 33.1 Å². The zero-order chi connectivity index (χ0) is 57.8. The van der Waals surface area contributed by atoms with Gasteiger partial charge in [-0.1, -0.05) is 48.8 Å². The standard InChI is InChI=1S/C7H5NS2.C5H6N2OS.C4H5N3OS.C4H4N2O2S.C3H3N3O2S.C3H3N3OS2.C3H3N3S3.C3H4N2S2.C3H4N2S/c9-7-8-5-3-1-2-4-6(5)10-7;1-3-2-4(8)7-5(9)6-3;1-2-3(8)5-4(9)7-6-2;7-2-1-3(8)6-4(9)5-2;3*7-1-4-2(8)6-3(9)5-1;6-2-1-3(7)5-4-2;6-3-1-2-4-5-3/h1-4H,(H,8,9);2H,1H3,(H2,6,7,8,9);1H3,(H2,5,7,8,9);1H2,(H2,5,6,7,8,9);3*(H3,4,5,6,7,8,9);1H2,(H,4,6)(H,5,7);2H,1H2,(H,5,6). The molecular weight excluding hydrogens is 1280 g/mol. The van der Waals surface area contributed by atoms with E-state index in [0.717, 1.165) is 36.6 Å². The Kier molecular flexibility index (Phi) is 30.4. The van der Waals surface area contributed by atoms with Crippen LogP contribution in [0.2, 0.25) is 0 Å². The van der Waals surface area contributed by atoms with Gasteiger partial charge in [-0.05, 0) is 148 Å². The molecule has 2 fully saturated rings. The minimum Gasteiger partial charge on any atom is -0.337 e. The third-order valence-electron chi connectivity index (χ3n) is 7.19. The number of hydrazone groups is 1. The topological polar surface area (TPSA) is 426 Å². The summed E-state index contributed by atoms with van der Waals surface area (Å²) in [7, 11) is 0. The molecule has 0 atom stereocenters. The minimum absolute atomic E-state index is 0.0313. The number of carbonyl (C=O) groups excluding carboxylic acids is 2. The van der Waals surface area contributed by atoms with Crippen LogP contribution in [0.25, 0.3) is 10.2 Å². The summed E-state index contributed by atoms with van der Waals surface area (Å²) >= 11 is 62.3. The van der Waals surface area contributed by atoms with Crippen molar-refractivity contribution in [1.82, 2.24) is 102 Å². The predicted molar refractivity (Wildman–Crippen MR) is 329 cm³/mol. The number of rotatable bonds is 0. The van der Waals surface area contributed by atoms with Crippen molar-refractivity contribution in [3.8, 4) is 0 Å². The molecule has 1 aromatic carbocycles. The second-order valence-electron chi connectivity index (χ2n) is 13.4. The van der Waals surface area contributed by atoms with Crippen molar-refractivity contribution < 1.29 is 9.59 Å². The Morgan fingerprint density at radius 1 is 0.494 bits per heavy atom. The molecule has 10 rings (SSSR count). The Hall–Kier alpha value is -6.42. The Bertz CT molecular complexity index is 3600. The quantitative estimate of drug-likeness (QED) is 0.0726. The van der Waals surface area contributed by atoms with Gasteiger partial charge in [0, 0.05) is 24.4 Å². The van der Waals surface area contributed by atoms with Crippen LogP contribution in [0, 0.1) is 56.0 Å². The average Bonchev–Trinajstić information content (AvgIpc) is 4.04. The van der Waals surface area contributed by atoms with Crippen LogP contribution in [0.1, 0.15) is 30.7 Å². The summed E-state index contributed by atoms with van der Waals surface area (Å²) in [6, 6.07) is 9.56. The van der Waals surface area contributed by atoms with E-state index < -0.39 is 11.4 Å². The Morgan fingerprint density at radius 3 is 1.31 bits per heavy atom. The highest BCUT2D eigenvalue weighted by Gasteiger charge is 2.17. The lowest BCUT2D eigenvalue weighted by Gasteiger charge is -2.12. The highest BCUT2D eigenvalue weighted by molar-refractivity contribution is 7.82. The van der Waals surface area contributed by atoms with Gasteiger partial charge < -0.3 is 40.5 Å². The van der Waals surface area contributed by atoms with Crippen LogP contribution >= 0.6 is 170 Å². The highest BCUT2D eigenvalue weighted by Crippen LogP contribution is 2.17. The first kappa shape index (κ1) is 66.7. The van der Waals surface area contributed by atoms with E-state index >= 15 is 0 Å². The molecule has 0 unspecified atom stereocenters. The lowest BCUT2D eigenvalue weighted by atomic mass is 10.3. The third-order valence-corrected chi connectivity index (χ3v) is 11.0. The number of aromatic amines is 14. The summed E-state index contributed by atoms with van der Waals surface area (Å²) in [6.07, 6.45) is 3.16. The SMILES string of the molecule is Cc1cc(=O)[nH]c(=S)[nH]1.Cc1n[nH]c(=S)[nH]c1=O.O=C1CC(=O)NC(=S)N1.O=c1[nH]c(=O)[nH]c(=S)[nH]1.O=c1[nH]c(=S)[nH]c(=S)[nH]1.S=C1CC(=S)NN1.S=C1CC=NN1.S=c1[nH]c(=S)[nH]c(=S)[nH]1.S=c1[nH]c2ccccc2s1. The number of aromatic nitrogens is 15. The second kappa shape index (κ2) is 35.1. The molecule has 0 radical (unpaired) electrons. The van der Waals surface area contributed by atoms with Gasteiger partial charge in [-0.3, -0.25) is 75.4 Å². The van der Waals surface area contributed by atoms with Crippen molar-refractivity contribution in [1.29, 1.82) is 0 Å². The van der Waals surface area contributed by atoms with Crippen LogP contribution in [0.15, 0.2) is 59.4 Å². The van der Waals surface area contributed by atoms with Crippen LogP contribution in [-0.4, -0.2) is 113 Å². The average molecular weight is 1310 g/mol. The van der Waals surface area contributed by atoms with Gasteiger partial charge in [-0.25, -0.2) is 14.4 Å². The molecular formula is C35H37N21O7S14. The molecule has 0 spiro atoms. The van der Waals surface area contributed by atoms with Gasteiger partial charge in [0.05, 0.1) is 16.6 Å². The van der Waals surface area contributed by atoms with E-state index in [1.54, 1.807) is 31.4 Å². The van der Waals surface area contributed by atoms with Gasteiger partial charge in [-0.15, -0.1) is 11.3 Å². The number of thiocarbonyl (C=S) groups is 4. The molecule has 28 nitrogen and oxygen atoms in total. The molecule has 42 heteroatoms. The van der Waals surface area contributed by atoms with Crippen molar-refractivity contribution in [3.63, 3.8) is 0 Å². The van der Waals surface area contributed by atoms with Gasteiger partial charge in [-0.2, -0.15) is 10.2 Å². The molecule has 0 aliphatic carbocycles. The predicted octanol–water partition coefficient (Wildman–Crippen LogP) is 4.65. The van der Waals surface area contributed by atoms with Gasteiger partial charge in [0.25, 0.3) is 11.1 Å². The molecule has 19 N–H and O–H groups in total. The van der Waals surface area contributed by atoms with Crippen molar-refractivity contribution in [2.75, 3.05) is 0 Å². The number of aryl methyl sites for hydroxylation is 2. The first-order chi connectivity index (χ1) is 36.1. The number of fused-ring (bicyclic) bond motifs is 1. The van der Waals surface area contributed by atoms with Gasteiger partial charge in [0.1, 0.15) is 27.1 Å². The summed E-state index contributed by atoms with van der Waals surface area (Å²) in [6.45, 7) is 3.38. The molecule has 0 saturated carbocycles. The number of thiazole rings is 1. The summed E-state index contributed by atoms with van der Waals surface area (Å²) < 4.78 is 4.56. The maximum Gasteiger partial charge on any atom is 0.329 e. The van der Waals surface area contributed by atoms with Crippen LogP contribution < -0.4 is 55.1 Å². The van der Waals surface area contributed by atoms with E-state index in [1.165, 1.54) is 10.8 Å². The molecule has 3 aliphatic heterocycles. The molecule has 77 heavy (non-hydrogen) atoms. The summed E-state index contributed by atoms with van der Waals surface area (Å²) in [4.78, 5) is 108. The number of hydrogen-bond donors (Lipinski definition) is 19. The van der Waals surface area contributed by atoms with E-state index in [4.69, 9.17) is 73.3 Å². The van der Waals surface area contributed by atoms with E-state index in [9.17, 15) is 33.6 Å². The van der Waals surface area contributed by atoms with Gasteiger partial charge in [0.2, 0.25) is 11.8 Å². The zero-order valence-electron chi connectivity index (χ0n) is 38.6. The number of para-hydroxylation sites is 1. The number of hydrogen-bond acceptors (Lipinski definition) is 23. The molecule has 0 bridgehead atoms. The maximum atomic E-state index is 10.6. The smallest absolute Gasteiger partial charge is 0.329 e. The summed E-state index contributed by atoms with van der Waals surface area (Å²) in [5.74, 6) is -0.687. The van der Waals surface area contributed by atoms with E-state index in [2.05, 4.69) is 194 Å². The number of nitrogens with one attached hydrogen (secondary N) is 19. The van der Waals surface area contributed by atoms with Crippen LogP contribution in [0.3, 0.4) is 0 Å². The summed E-state index contributed by atoms with van der Waals surface area (Å²) in [5.41, 5.74) is 8.38. The highest BCUT2D eigenvalue weighted by atomic mass is 32.1. The number of hydrazine groups is 1. The number of benzene rings is 1. The molecule has 7 aromatic rings. The fourth-order valence-electron chi connectivity index (χ4n) is 4.29. The van der Waals surface area contributed by atoms with Crippen LogP contribution in [0.4, 0.5) is 0 Å². The van der Waals surface area contributed by atoms with Crippen LogP contribution in [-0.2, 0) is 9.59 Å². The Balaban J connectivity index is 0.000000297. The zero-order valence-corrected chi connectivity index (χ0v) is 50.0. The Labute approximate surface area is 499 Å². The minimum atomic E-state index is -0.594. The van der Waals surface area contributed by atoms with Crippen molar-refractivity contribution in [2.24, 2.45) is 5.10 Å². The van der Waals surface area contributed by atoms with E-state index in [0.29, 0.717) is 31.2 Å². The van der Waals surface area contributed by atoms with E-state index in [1.807, 2.05) is 23.2 Å². The number of amides is 2. The normalized spacial score (nSPS) is 12.2. The second-order valence-corrected chi connectivity index (χ2v) is 20.3. The third kappa shape index (κ3) is 30.8. The van der Waals surface area contributed by atoms with Gasteiger partial charge >= 0.3 is 17.1 Å².